The number of piperidine rings is 1. The Kier molecular flexibility index (Phi) is 12.1. The molecule has 1 unspecified atom stereocenters. The molecule has 1 rings (SSSR count). The van der Waals surface area contributed by atoms with Gasteiger partial charge in [0.2, 0.25) is 5.91 Å². The van der Waals surface area contributed by atoms with Gasteiger partial charge in [-0.25, -0.2) is 4.21 Å². The van der Waals surface area contributed by atoms with Gasteiger partial charge in [-0.05, 0) is 12.8 Å². The predicted octanol–water partition coefficient (Wildman–Crippen LogP) is -3.37. The second-order valence-corrected chi connectivity index (χ2v) is 2.46. The normalized spacial score (nSPS) is 17.7. The fourth-order valence-corrected chi connectivity index (χ4v) is 0.727. The van der Waals surface area contributed by atoms with Gasteiger partial charge in [0, 0.05) is 13.0 Å². The summed E-state index contributed by atoms with van der Waals surface area (Å²) in [4.78, 5) is 10.4. The molecule has 1 aliphatic rings. The van der Waals surface area contributed by atoms with Gasteiger partial charge in [0.15, 0.2) is 0 Å². The SMILES string of the molecule is O=C1CCCCN1.O=S([O-])O.[Na+]. The van der Waals surface area contributed by atoms with Crippen LogP contribution in [0.3, 0.4) is 0 Å². The smallest absolute Gasteiger partial charge is 0.750 e. The monoisotopic (exact) mass is 203 g/mol. The van der Waals surface area contributed by atoms with Crippen LogP contribution in [0.2, 0.25) is 0 Å². The molecule has 0 aromatic heterocycles. The van der Waals surface area contributed by atoms with Gasteiger partial charge >= 0.3 is 29.6 Å². The van der Waals surface area contributed by atoms with Crippen molar-refractivity contribution >= 4 is 17.3 Å². The molecule has 0 spiro atoms. The van der Waals surface area contributed by atoms with Crippen molar-refractivity contribution in [2.24, 2.45) is 0 Å². The summed E-state index contributed by atoms with van der Waals surface area (Å²) in [6.07, 6.45) is 2.97. The van der Waals surface area contributed by atoms with Crippen LogP contribution in [0.4, 0.5) is 0 Å². The minimum absolute atomic E-state index is 0. The maximum Gasteiger partial charge on any atom is 1.00 e. The fraction of sp³-hybridized carbons (Fsp3) is 0.800. The Morgan fingerprint density at radius 3 is 2.17 bits per heavy atom. The van der Waals surface area contributed by atoms with Crippen molar-refractivity contribution in [2.75, 3.05) is 6.54 Å². The van der Waals surface area contributed by atoms with E-state index in [1.807, 2.05) is 0 Å². The van der Waals surface area contributed by atoms with E-state index in [9.17, 15) is 4.79 Å². The molecule has 66 valence electrons. The Bertz CT molecular complexity index is 142. The van der Waals surface area contributed by atoms with Gasteiger partial charge in [-0.1, -0.05) is 0 Å². The molecule has 5 nitrogen and oxygen atoms in total. The fourth-order valence-electron chi connectivity index (χ4n) is 0.727. The number of carbonyl (C=O) groups is 1. The molecular weight excluding hydrogens is 193 g/mol. The molecule has 0 saturated carbocycles. The van der Waals surface area contributed by atoms with E-state index < -0.39 is 11.4 Å². The molecule has 0 aliphatic carbocycles. The standard InChI is InChI=1S/C5H9NO.Na.H2O3S/c7-5-3-1-2-4-6-5;;1-4(2)3/h1-4H2,(H,6,7);;(H2,1,2,3)/q;+1;/p-1. The number of nitrogens with one attached hydrogen (secondary N) is 1. The Hall–Kier alpha value is 0.540. The largest absolute Gasteiger partial charge is 1.00 e. The van der Waals surface area contributed by atoms with E-state index in [1.165, 1.54) is 0 Å². The summed E-state index contributed by atoms with van der Waals surface area (Å²) in [5.74, 6) is 0.214. The summed E-state index contributed by atoms with van der Waals surface area (Å²) < 4.78 is 24.1. The molecule has 2 N–H and O–H groups in total. The van der Waals surface area contributed by atoms with E-state index in [-0.39, 0.29) is 35.5 Å². The van der Waals surface area contributed by atoms with Crippen LogP contribution in [0.25, 0.3) is 0 Å². The van der Waals surface area contributed by atoms with E-state index in [2.05, 4.69) is 5.32 Å². The first-order chi connectivity index (χ1) is 5.13. The summed E-state index contributed by atoms with van der Waals surface area (Å²) in [6.45, 7) is 0.888. The maximum atomic E-state index is 10.4. The molecule has 7 heteroatoms. The second kappa shape index (κ2) is 9.63. The minimum atomic E-state index is -2.86. The third-order valence-electron chi connectivity index (χ3n) is 1.15. The van der Waals surface area contributed by atoms with Crippen molar-refractivity contribution in [3.05, 3.63) is 0 Å². The van der Waals surface area contributed by atoms with Crippen molar-refractivity contribution in [3.8, 4) is 0 Å². The molecule has 0 aromatic rings. The summed E-state index contributed by atoms with van der Waals surface area (Å²) in [5, 5.41) is 2.74. The van der Waals surface area contributed by atoms with Crippen molar-refractivity contribution < 1.29 is 47.7 Å². The molecule has 1 fully saturated rings. The zero-order valence-electron chi connectivity index (χ0n) is 6.91. The first-order valence-corrected chi connectivity index (χ1v) is 4.21. The van der Waals surface area contributed by atoms with Crippen molar-refractivity contribution in [3.63, 3.8) is 0 Å². The minimum Gasteiger partial charge on any atom is -0.750 e. The van der Waals surface area contributed by atoms with Gasteiger partial charge < -0.3 is 14.4 Å². The molecule has 1 amide bonds. The van der Waals surface area contributed by atoms with Crippen LogP contribution in [-0.4, -0.2) is 25.8 Å². The van der Waals surface area contributed by atoms with Gasteiger partial charge in [0.1, 0.15) is 0 Å². The Labute approximate surface area is 95.7 Å². The Balaban J connectivity index is 0. The summed E-state index contributed by atoms with van der Waals surface area (Å²) in [5.41, 5.74) is 0. The Morgan fingerprint density at radius 2 is 2.00 bits per heavy atom. The molecule has 0 radical (unpaired) electrons. The van der Waals surface area contributed by atoms with Gasteiger partial charge in [-0.15, -0.1) is 0 Å². The number of amides is 1. The molecule has 1 heterocycles. The topological polar surface area (TPSA) is 89.5 Å². The van der Waals surface area contributed by atoms with Crippen LogP contribution in [0.1, 0.15) is 19.3 Å². The maximum absolute atomic E-state index is 10.4. The van der Waals surface area contributed by atoms with Crippen molar-refractivity contribution in [1.82, 2.24) is 5.32 Å². The van der Waals surface area contributed by atoms with E-state index >= 15 is 0 Å². The number of rotatable bonds is 0. The quantitative estimate of drug-likeness (QED) is 0.317. The summed E-state index contributed by atoms with van der Waals surface area (Å²) in [7, 11) is 0. The van der Waals surface area contributed by atoms with E-state index in [0.717, 1.165) is 25.8 Å². The van der Waals surface area contributed by atoms with E-state index in [4.69, 9.17) is 13.3 Å². The summed E-state index contributed by atoms with van der Waals surface area (Å²) in [6, 6.07) is 0. The van der Waals surface area contributed by atoms with Crippen LogP contribution in [0.5, 0.6) is 0 Å². The summed E-state index contributed by atoms with van der Waals surface area (Å²) >= 11 is -2.86. The van der Waals surface area contributed by atoms with Crippen LogP contribution in [0.15, 0.2) is 0 Å². The van der Waals surface area contributed by atoms with Crippen LogP contribution in [0, 0.1) is 0 Å². The molecule has 1 saturated heterocycles. The number of hydrogen-bond donors (Lipinski definition) is 2. The first kappa shape index (κ1) is 15.0. The number of hydrogen-bond acceptors (Lipinski definition) is 3. The van der Waals surface area contributed by atoms with Crippen molar-refractivity contribution in [2.45, 2.75) is 19.3 Å². The average molecular weight is 203 g/mol. The molecule has 12 heavy (non-hydrogen) atoms. The molecule has 1 aliphatic heterocycles. The first-order valence-electron chi connectivity index (χ1n) is 3.18. The molecular formula is C5H10NNaO4S. The predicted molar refractivity (Wildman–Crippen MR) is 38.4 cm³/mol. The van der Waals surface area contributed by atoms with Crippen molar-refractivity contribution in [1.29, 1.82) is 0 Å². The van der Waals surface area contributed by atoms with Gasteiger partial charge in [-0.2, -0.15) is 0 Å². The zero-order valence-corrected chi connectivity index (χ0v) is 9.73. The van der Waals surface area contributed by atoms with Crippen LogP contribution < -0.4 is 34.9 Å². The third kappa shape index (κ3) is 13.2. The van der Waals surface area contributed by atoms with Gasteiger partial charge in [-0.3, -0.25) is 4.79 Å². The zero-order chi connectivity index (χ0) is 8.69. The molecule has 0 aromatic carbocycles. The Morgan fingerprint density at radius 1 is 1.50 bits per heavy atom. The second-order valence-electron chi connectivity index (χ2n) is 2.02. The molecule has 0 bridgehead atoms. The van der Waals surface area contributed by atoms with Gasteiger partial charge in [0.25, 0.3) is 0 Å². The number of carbonyl (C=O) groups excluding carboxylic acids is 1. The van der Waals surface area contributed by atoms with Gasteiger partial charge in [0.05, 0.1) is 11.4 Å². The van der Waals surface area contributed by atoms with Crippen LogP contribution in [-0.2, 0) is 16.2 Å². The van der Waals surface area contributed by atoms with E-state index in [1.54, 1.807) is 0 Å². The third-order valence-corrected chi connectivity index (χ3v) is 1.15. The average Bonchev–Trinajstić information content (AvgIpc) is 1.87. The van der Waals surface area contributed by atoms with Crippen LogP contribution >= 0.6 is 0 Å². The van der Waals surface area contributed by atoms with E-state index in [0.29, 0.717) is 0 Å². The molecule has 1 atom stereocenters.